The zero-order valence-corrected chi connectivity index (χ0v) is 11.6. The summed E-state index contributed by atoms with van der Waals surface area (Å²) in [7, 11) is 0. The Balaban J connectivity index is 2.58. The molecule has 0 saturated heterocycles. The van der Waals surface area contributed by atoms with Gasteiger partial charge in [0.1, 0.15) is 5.75 Å². The van der Waals surface area contributed by atoms with Crippen molar-refractivity contribution in [3.63, 3.8) is 0 Å². The standard InChI is InChI=1S/C14H21NO4/c1-4-18-13(19-5-2)9-15-14(17)11-7-6-10(3)8-12(11)16/h6-8,13,16H,4-5,9H2,1-3H3,(H,15,17). The summed E-state index contributed by atoms with van der Waals surface area (Å²) in [5.41, 5.74) is 1.15. The highest BCUT2D eigenvalue weighted by Crippen LogP contribution is 2.18. The van der Waals surface area contributed by atoms with E-state index >= 15 is 0 Å². The van der Waals surface area contributed by atoms with Crippen LogP contribution in [0.5, 0.6) is 5.75 Å². The van der Waals surface area contributed by atoms with Gasteiger partial charge in [0.25, 0.3) is 5.91 Å². The Hall–Kier alpha value is -1.59. The summed E-state index contributed by atoms with van der Waals surface area (Å²) in [5, 5.41) is 12.4. The second-order valence-electron chi connectivity index (χ2n) is 4.07. The monoisotopic (exact) mass is 267 g/mol. The predicted octanol–water partition coefficient (Wildman–Crippen LogP) is 1.83. The number of rotatable bonds is 7. The van der Waals surface area contributed by atoms with Crippen LogP contribution >= 0.6 is 0 Å². The number of hydrogen-bond donors (Lipinski definition) is 2. The molecule has 106 valence electrons. The number of aromatic hydroxyl groups is 1. The number of phenolic OH excluding ortho intramolecular Hbond substituents is 1. The molecule has 0 aliphatic heterocycles. The number of phenols is 1. The molecule has 0 heterocycles. The van der Waals surface area contributed by atoms with Crippen molar-refractivity contribution < 1.29 is 19.4 Å². The fraction of sp³-hybridized carbons (Fsp3) is 0.500. The molecule has 1 rings (SSSR count). The maximum Gasteiger partial charge on any atom is 0.255 e. The zero-order valence-electron chi connectivity index (χ0n) is 11.6. The molecule has 0 fully saturated rings. The Labute approximate surface area is 113 Å². The average molecular weight is 267 g/mol. The highest BCUT2D eigenvalue weighted by molar-refractivity contribution is 5.96. The van der Waals surface area contributed by atoms with Crippen LogP contribution in [0.4, 0.5) is 0 Å². The smallest absolute Gasteiger partial charge is 0.255 e. The summed E-state index contributed by atoms with van der Waals surface area (Å²) in [4.78, 5) is 11.9. The zero-order chi connectivity index (χ0) is 14.3. The fourth-order valence-corrected chi connectivity index (χ4v) is 1.64. The molecule has 1 aromatic rings. The van der Waals surface area contributed by atoms with Crippen LogP contribution in [0, 0.1) is 6.92 Å². The normalized spacial score (nSPS) is 10.7. The summed E-state index contributed by atoms with van der Waals surface area (Å²) < 4.78 is 10.6. The Morgan fingerprint density at radius 1 is 1.32 bits per heavy atom. The third-order valence-corrected chi connectivity index (χ3v) is 2.53. The Morgan fingerprint density at radius 3 is 2.47 bits per heavy atom. The molecule has 0 aromatic heterocycles. The molecule has 1 aromatic carbocycles. The van der Waals surface area contributed by atoms with E-state index in [0.29, 0.717) is 13.2 Å². The van der Waals surface area contributed by atoms with Crippen LogP contribution < -0.4 is 5.32 Å². The Kier molecular flexibility index (Phi) is 6.32. The Morgan fingerprint density at radius 2 is 1.95 bits per heavy atom. The first-order valence-corrected chi connectivity index (χ1v) is 6.39. The van der Waals surface area contributed by atoms with Crippen molar-refractivity contribution in [3.8, 4) is 5.75 Å². The maximum absolute atomic E-state index is 11.9. The first kappa shape index (κ1) is 15.5. The van der Waals surface area contributed by atoms with Crippen LogP contribution in [0.25, 0.3) is 0 Å². The molecule has 5 heteroatoms. The van der Waals surface area contributed by atoms with Gasteiger partial charge in [-0.2, -0.15) is 0 Å². The second-order valence-corrected chi connectivity index (χ2v) is 4.07. The van der Waals surface area contributed by atoms with E-state index in [1.165, 1.54) is 0 Å². The lowest BCUT2D eigenvalue weighted by Gasteiger charge is -2.17. The third kappa shape index (κ3) is 4.89. The molecule has 0 aliphatic carbocycles. The third-order valence-electron chi connectivity index (χ3n) is 2.53. The van der Waals surface area contributed by atoms with Gasteiger partial charge in [0, 0.05) is 13.2 Å². The van der Waals surface area contributed by atoms with Gasteiger partial charge >= 0.3 is 0 Å². The number of benzene rings is 1. The minimum Gasteiger partial charge on any atom is -0.507 e. The summed E-state index contributed by atoms with van der Waals surface area (Å²) >= 11 is 0. The van der Waals surface area contributed by atoms with Crippen LogP contribution in [0.2, 0.25) is 0 Å². The lowest BCUT2D eigenvalue weighted by atomic mass is 10.1. The van der Waals surface area contributed by atoms with Crippen LogP contribution in [0.1, 0.15) is 29.8 Å². The first-order valence-electron chi connectivity index (χ1n) is 6.39. The lowest BCUT2D eigenvalue weighted by molar-refractivity contribution is -0.131. The van der Waals surface area contributed by atoms with Crippen LogP contribution in [0.15, 0.2) is 18.2 Å². The van der Waals surface area contributed by atoms with Gasteiger partial charge in [0.2, 0.25) is 0 Å². The molecule has 0 unspecified atom stereocenters. The highest BCUT2D eigenvalue weighted by Gasteiger charge is 2.14. The second kappa shape index (κ2) is 7.76. The van der Waals surface area contributed by atoms with Gasteiger partial charge in [0.15, 0.2) is 6.29 Å². The average Bonchev–Trinajstić information content (AvgIpc) is 2.36. The van der Waals surface area contributed by atoms with Crippen LogP contribution in [-0.2, 0) is 9.47 Å². The van der Waals surface area contributed by atoms with E-state index < -0.39 is 6.29 Å². The lowest BCUT2D eigenvalue weighted by Crippen LogP contribution is -2.35. The van der Waals surface area contributed by atoms with Gasteiger partial charge in [-0.25, -0.2) is 0 Å². The largest absolute Gasteiger partial charge is 0.507 e. The van der Waals surface area contributed by atoms with Crippen molar-refractivity contribution in [2.45, 2.75) is 27.1 Å². The summed E-state index contributed by atoms with van der Waals surface area (Å²) in [6.07, 6.45) is -0.466. The van der Waals surface area contributed by atoms with Crippen molar-refractivity contribution in [2.75, 3.05) is 19.8 Å². The van der Waals surface area contributed by atoms with E-state index in [4.69, 9.17) is 9.47 Å². The minimum absolute atomic E-state index is 0.0260. The SMILES string of the molecule is CCOC(CNC(=O)c1ccc(C)cc1O)OCC. The van der Waals surface area contributed by atoms with Crippen molar-refractivity contribution in [3.05, 3.63) is 29.3 Å². The van der Waals surface area contributed by atoms with Gasteiger partial charge < -0.3 is 19.9 Å². The molecule has 0 bridgehead atoms. The van der Waals surface area contributed by atoms with Crippen molar-refractivity contribution in [2.24, 2.45) is 0 Å². The molecule has 5 nitrogen and oxygen atoms in total. The van der Waals surface area contributed by atoms with Crippen molar-refractivity contribution in [1.82, 2.24) is 5.32 Å². The molecule has 0 radical (unpaired) electrons. The number of aryl methyl sites for hydroxylation is 1. The Bertz CT molecular complexity index is 414. The topological polar surface area (TPSA) is 67.8 Å². The first-order chi connectivity index (χ1) is 9.08. The fourth-order valence-electron chi connectivity index (χ4n) is 1.64. The van der Waals surface area contributed by atoms with Crippen LogP contribution in [-0.4, -0.2) is 37.1 Å². The van der Waals surface area contributed by atoms with Crippen molar-refractivity contribution in [1.29, 1.82) is 0 Å². The number of amides is 1. The van der Waals surface area contributed by atoms with Gasteiger partial charge in [-0.1, -0.05) is 6.07 Å². The van der Waals surface area contributed by atoms with Crippen molar-refractivity contribution >= 4 is 5.91 Å². The molecule has 2 N–H and O–H groups in total. The summed E-state index contributed by atoms with van der Waals surface area (Å²) in [5.74, 6) is -0.372. The molecule has 0 aliphatic rings. The molecular formula is C14H21NO4. The maximum atomic E-state index is 11.9. The minimum atomic E-state index is -0.466. The molecule has 0 atom stereocenters. The van der Waals surface area contributed by atoms with Gasteiger partial charge in [-0.05, 0) is 38.5 Å². The molecule has 19 heavy (non-hydrogen) atoms. The number of hydrogen-bond acceptors (Lipinski definition) is 4. The number of nitrogens with one attached hydrogen (secondary N) is 1. The van der Waals surface area contributed by atoms with Gasteiger partial charge in [-0.15, -0.1) is 0 Å². The van der Waals surface area contributed by atoms with Gasteiger partial charge in [-0.3, -0.25) is 4.79 Å². The van der Waals surface area contributed by atoms with E-state index in [1.807, 2.05) is 20.8 Å². The van der Waals surface area contributed by atoms with E-state index in [-0.39, 0.29) is 23.8 Å². The number of carbonyl (C=O) groups is 1. The van der Waals surface area contributed by atoms with E-state index in [2.05, 4.69) is 5.32 Å². The van der Waals surface area contributed by atoms with E-state index in [0.717, 1.165) is 5.56 Å². The quantitative estimate of drug-likeness (QED) is 0.740. The summed E-state index contributed by atoms with van der Waals surface area (Å²) in [6.45, 7) is 6.83. The number of ether oxygens (including phenoxy) is 2. The summed E-state index contributed by atoms with van der Waals surface area (Å²) in [6, 6.07) is 4.92. The predicted molar refractivity (Wildman–Crippen MR) is 72.2 cm³/mol. The van der Waals surface area contributed by atoms with E-state index in [9.17, 15) is 9.90 Å². The molecular weight excluding hydrogens is 246 g/mol. The molecule has 0 spiro atoms. The molecule has 1 amide bonds. The van der Waals surface area contributed by atoms with E-state index in [1.54, 1.807) is 18.2 Å². The molecule has 0 saturated carbocycles. The number of carbonyl (C=O) groups excluding carboxylic acids is 1. The highest BCUT2D eigenvalue weighted by atomic mass is 16.7. The van der Waals surface area contributed by atoms with Crippen LogP contribution in [0.3, 0.4) is 0 Å². The van der Waals surface area contributed by atoms with Gasteiger partial charge in [0.05, 0.1) is 12.1 Å².